The summed E-state index contributed by atoms with van der Waals surface area (Å²) in [6.45, 7) is 4.12. The van der Waals surface area contributed by atoms with E-state index in [4.69, 9.17) is 22.1 Å². The van der Waals surface area contributed by atoms with Crippen molar-refractivity contribution in [1.82, 2.24) is 10.2 Å². The Kier molecular flexibility index (Phi) is 7.98. The molecule has 3 N–H and O–H groups in total. The fraction of sp³-hybridized carbons (Fsp3) is 0.381. The number of likely N-dealkylation sites (tertiary alicyclic amines) is 1. The molecule has 5 nitrogen and oxygen atoms in total. The molecular formula is C21H27Cl2N3O2. The number of halogens is 2. The lowest BCUT2D eigenvalue weighted by molar-refractivity contribution is 0.0893. The van der Waals surface area contributed by atoms with Gasteiger partial charge >= 0.3 is 0 Å². The van der Waals surface area contributed by atoms with Gasteiger partial charge in [-0.1, -0.05) is 41.9 Å². The number of carbonyl (C=O) groups excluding carboxylic acids is 1. The molecule has 152 valence electrons. The molecule has 1 aliphatic heterocycles. The Bertz CT molecular complexity index is 794. The first kappa shape index (κ1) is 22.3. The number of hydrogen-bond donors (Lipinski definition) is 2. The number of benzene rings is 2. The van der Waals surface area contributed by atoms with Crippen molar-refractivity contribution in [2.45, 2.75) is 31.8 Å². The van der Waals surface area contributed by atoms with Crippen molar-refractivity contribution in [2.75, 3.05) is 25.9 Å². The summed E-state index contributed by atoms with van der Waals surface area (Å²) in [5, 5.41) is 3.46. The van der Waals surface area contributed by atoms with Gasteiger partial charge in [0.05, 0.1) is 23.4 Å². The summed E-state index contributed by atoms with van der Waals surface area (Å²) >= 11 is 6.07. The Hall–Kier alpha value is -1.95. The molecule has 0 aliphatic carbocycles. The fourth-order valence-corrected chi connectivity index (χ4v) is 3.72. The lowest BCUT2D eigenvalue weighted by Gasteiger charge is -2.36. The van der Waals surface area contributed by atoms with E-state index in [0.717, 1.165) is 25.9 Å². The van der Waals surface area contributed by atoms with Crippen LogP contribution in [-0.2, 0) is 0 Å². The SMILES string of the molecule is COc1cc(N)c(Cl)cc1C(=O)NC1CCN(C(C)c2ccccc2)CC1.Cl. The maximum absolute atomic E-state index is 12.7. The lowest BCUT2D eigenvalue weighted by atomic mass is 10.00. The van der Waals surface area contributed by atoms with E-state index in [-0.39, 0.29) is 24.4 Å². The van der Waals surface area contributed by atoms with Crippen molar-refractivity contribution in [3.05, 3.63) is 58.6 Å². The molecule has 7 heteroatoms. The summed E-state index contributed by atoms with van der Waals surface area (Å²) in [4.78, 5) is 15.1. The predicted molar refractivity (Wildman–Crippen MR) is 117 cm³/mol. The standard InChI is InChI=1S/C21H26ClN3O2.ClH/c1-14(15-6-4-3-5-7-15)25-10-8-16(9-11-25)24-21(26)17-12-18(22)19(23)13-20(17)27-2;/h3-7,12-14,16H,8-11,23H2,1-2H3,(H,24,26);1H. The molecule has 1 amide bonds. The first-order chi connectivity index (χ1) is 13.0. The van der Waals surface area contributed by atoms with E-state index in [1.807, 2.05) is 6.07 Å². The molecule has 0 spiro atoms. The predicted octanol–water partition coefficient (Wildman–Crippen LogP) is 4.31. The molecule has 28 heavy (non-hydrogen) atoms. The van der Waals surface area contributed by atoms with Gasteiger partial charge in [0.15, 0.2) is 0 Å². The van der Waals surface area contributed by atoms with Crippen LogP contribution in [0.4, 0.5) is 5.69 Å². The normalized spacial score (nSPS) is 16.1. The second-order valence-corrected chi connectivity index (χ2v) is 7.35. The van der Waals surface area contributed by atoms with Gasteiger partial charge in [0, 0.05) is 31.2 Å². The van der Waals surface area contributed by atoms with Crippen LogP contribution < -0.4 is 15.8 Å². The van der Waals surface area contributed by atoms with Crippen LogP contribution in [0, 0.1) is 0 Å². The zero-order chi connectivity index (χ0) is 19.4. The van der Waals surface area contributed by atoms with Gasteiger partial charge < -0.3 is 15.8 Å². The van der Waals surface area contributed by atoms with Crippen LogP contribution in [0.2, 0.25) is 5.02 Å². The number of nitrogens with zero attached hydrogens (tertiary/aromatic N) is 1. The molecule has 0 bridgehead atoms. The minimum atomic E-state index is -0.177. The van der Waals surface area contributed by atoms with Gasteiger partial charge in [0.2, 0.25) is 0 Å². The summed E-state index contributed by atoms with van der Waals surface area (Å²) in [6, 6.07) is 14.2. The quantitative estimate of drug-likeness (QED) is 0.702. The molecule has 1 saturated heterocycles. The molecule has 0 aromatic heterocycles. The van der Waals surface area contributed by atoms with E-state index in [9.17, 15) is 4.79 Å². The zero-order valence-electron chi connectivity index (χ0n) is 16.2. The van der Waals surface area contributed by atoms with Crippen LogP contribution in [0.5, 0.6) is 5.75 Å². The maximum Gasteiger partial charge on any atom is 0.255 e. The Labute approximate surface area is 177 Å². The zero-order valence-corrected chi connectivity index (χ0v) is 17.7. The van der Waals surface area contributed by atoms with E-state index >= 15 is 0 Å². The third kappa shape index (κ3) is 5.10. The number of methoxy groups -OCH3 is 1. The van der Waals surface area contributed by atoms with Crippen molar-refractivity contribution in [3.8, 4) is 5.75 Å². The molecule has 0 radical (unpaired) electrons. The molecular weight excluding hydrogens is 397 g/mol. The van der Waals surface area contributed by atoms with Crippen molar-refractivity contribution < 1.29 is 9.53 Å². The van der Waals surface area contributed by atoms with Crippen LogP contribution in [0.15, 0.2) is 42.5 Å². The molecule has 1 unspecified atom stereocenters. The number of rotatable bonds is 5. The summed E-state index contributed by atoms with van der Waals surface area (Å²) in [6.07, 6.45) is 1.82. The van der Waals surface area contributed by atoms with Gasteiger partial charge in [0.1, 0.15) is 5.75 Å². The Morgan fingerprint density at radius 3 is 2.50 bits per heavy atom. The Balaban J connectivity index is 0.00000280. The topological polar surface area (TPSA) is 67.6 Å². The van der Waals surface area contributed by atoms with Crippen molar-refractivity contribution in [3.63, 3.8) is 0 Å². The average molecular weight is 424 g/mol. The largest absolute Gasteiger partial charge is 0.496 e. The number of nitrogens with two attached hydrogens (primary N) is 1. The highest BCUT2D eigenvalue weighted by atomic mass is 35.5. The monoisotopic (exact) mass is 423 g/mol. The van der Waals surface area contributed by atoms with Gasteiger partial charge in [0.25, 0.3) is 5.91 Å². The molecule has 3 rings (SSSR count). The number of hydrogen-bond acceptors (Lipinski definition) is 4. The third-order valence-electron chi connectivity index (χ3n) is 5.26. The van der Waals surface area contributed by atoms with E-state index in [2.05, 4.69) is 41.4 Å². The highest BCUT2D eigenvalue weighted by Gasteiger charge is 2.25. The smallest absolute Gasteiger partial charge is 0.255 e. The maximum atomic E-state index is 12.7. The van der Waals surface area contributed by atoms with E-state index in [1.54, 1.807) is 12.1 Å². The van der Waals surface area contributed by atoms with Crippen molar-refractivity contribution in [1.29, 1.82) is 0 Å². The van der Waals surface area contributed by atoms with Gasteiger partial charge in [-0.15, -0.1) is 12.4 Å². The van der Waals surface area contributed by atoms with Gasteiger partial charge in [-0.25, -0.2) is 0 Å². The minimum absolute atomic E-state index is 0. The van der Waals surface area contributed by atoms with Gasteiger partial charge in [-0.2, -0.15) is 0 Å². The molecule has 0 saturated carbocycles. The number of amides is 1. The number of ether oxygens (including phenoxy) is 1. The highest BCUT2D eigenvalue weighted by Crippen LogP contribution is 2.29. The van der Waals surface area contributed by atoms with E-state index in [0.29, 0.717) is 28.1 Å². The second kappa shape index (κ2) is 10.0. The number of piperidine rings is 1. The van der Waals surface area contributed by atoms with Crippen LogP contribution in [0.1, 0.15) is 41.7 Å². The summed E-state index contributed by atoms with van der Waals surface area (Å²) in [5.41, 5.74) is 7.92. The Morgan fingerprint density at radius 2 is 1.89 bits per heavy atom. The Morgan fingerprint density at radius 1 is 1.25 bits per heavy atom. The number of nitrogen functional groups attached to an aromatic ring is 1. The van der Waals surface area contributed by atoms with Crippen LogP contribution in [0.25, 0.3) is 0 Å². The number of nitrogens with one attached hydrogen (secondary N) is 1. The molecule has 1 heterocycles. The number of carbonyl (C=O) groups is 1. The van der Waals surface area contributed by atoms with E-state index in [1.165, 1.54) is 12.7 Å². The van der Waals surface area contributed by atoms with Crippen molar-refractivity contribution >= 4 is 35.6 Å². The van der Waals surface area contributed by atoms with Crippen molar-refractivity contribution in [2.24, 2.45) is 0 Å². The van der Waals surface area contributed by atoms with Gasteiger partial charge in [-0.05, 0) is 31.4 Å². The summed E-state index contributed by atoms with van der Waals surface area (Å²) in [5.74, 6) is 0.257. The van der Waals surface area contributed by atoms with E-state index < -0.39 is 0 Å². The first-order valence-electron chi connectivity index (χ1n) is 9.22. The summed E-state index contributed by atoms with van der Waals surface area (Å²) < 4.78 is 5.28. The summed E-state index contributed by atoms with van der Waals surface area (Å²) in [7, 11) is 1.52. The minimum Gasteiger partial charge on any atom is -0.496 e. The average Bonchev–Trinajstić information content (AvgIpc) is 2.70. The molecule has 2 aromatic carbocycles. The van der Waals surface area contributed by atoms with Crippen LogP contribution in [-0.4, -0.2) is 37.0 Å². The molecule has 1 atom stereocenters. The third-order valence-corrected chi connectivity index (χ3v) is 5.59. The number of anilines is 1. The van der Waals surface area contributed by atoms with Gasteiger partial charge in [-0.3, -0.25) is 9.69 Å². The molecule has 2 aromatic rings. The highest BCUT2D eigenvalue weighted by molar-refractivity contribution is 6.33. The molecule has 1 aliphatic rings. The molecule has 1 fully saturated rings. The lowest BCUT2D eigenvalue weighted by Crippen LogP contribution is -2.45. The second-order valence-electron chi connectivity index (χ2n) is 6.94. The first-order valence-corrected chi connectivity index (χ1v) is 9.60. The van der Waals surface area contributed by atoms with Crippen LogP contribution in [0.3, 0.4) is 0 Å². The van der Waals surface area contributed by atoms with Crippen LogP contribution >= 0.6 is 24.0 Å². The fourth-order valence-electron chi connectivity index (χ4n) is 3.55.